The van der Waals surface area contributed by atoms with Crippen molar-refractivity contribution in [1.29, 1.82) is 0 Å². The van der Waals surface area contributed by atoms with Crippen LogP contribution in [0.5, 0.6) is 0 Å². The highest BCUT2D eigenvalue weighted by Crippen LogP contribution is 2.17. The van der Waals surface area contributed by atoms with E-state index in [4.69, 9.17) is 4.74 Å². The summed E-state index contributed by atoms with van der Waals surface area (Å²) in [4.78, 5) is 12.2. The summed E-state index contributed by atoms with van der Waals surface area (Å²) in [5.74, 6) is -0.0746. The van der Waals surface area contributed by atoms with Crippen molar-refractivity contribution in [3.8, 4) is 0 Å². The maximum Gasteiger partial charge on any atom is 0.251 e. The Labute approximate surface area is 133 Å². The van der Waals surface area contributed by atoms with E-state index in [1.54, 1.807) is 7.11 Å². The average molecular weight is 348 g/mol. The van der Waals surface area contributed by atoms with Crippen molar-refractivity contribution in [2.24, 2.45) is 0 Å². The molecule has 21 heavy (non-hydrogen) atoms. The molecule has 1 unspecified atom stereocenters. The molecule has 0 bridgehead atoms. The number of methoxy groups -OCH3 is 1. The van der Waals surface area contributed by atoms with Gasteiger partial charge in [-0.1, -0.05) is 40.2 Å². The minimum absolute atomic E-state index is 0.0377. The lowest BCUT2D eigenvalue weighted by Gasteiger charge is -2.14. The number of benzene rings is 2. The van der Waals surface area contributed by atoms with Crippen LogP contribution < -0.4 is 5.32 Å². The van der Waals surface area contributed by atoms with Crippen LogP contribution >= 0.6 is 15.9 Å². The summed E-state index contributed by atoms with van der Waals surface area (Å²) < 4.78 is 6.08. The van der Waals surface area contributed by atoms with Gasteiger partial charge < -0.3 is 10.1 Å². The van der Waals surface area contributed by atoms with Crippen molar-refractivity contribution in [2.45, 2.75) is 19.6 Å². The third-order valence-electron chi connectivity index (χ3n) is 3.24. The second kappa shape index (κ2) is 7.38. The zero-order valence-corrected chi connectivity index (χ0v) is 13.7. The van der Waals surface area contributed by atoms with Gasteiger partial charge in [-0.15, -0.1) is 0 Å². The van der Waals surface area contributed by atoms with Crippen LogP contribution in [0.15, 0.2) is 53.0 Å². The third-order valence-corrected chi connectivity index (χ3v) is 3.77. The molecule has 3 nitrogen and oxygen atoms in total. The Bertz CT molecular complexity index is 593. The molecular weight excluding hydrogens is 330 g/mol. The van der Waals surface area contributed by atoms with Crippen LogP contribution in [0.3, 0.4) is 0 Å². The number of halogens is 1. The van der Waals surface area contributed by atoms with Gasteiger partial charge in [-0.25, -0.2) is 0 Å². The number of rotatable bonds is 5. The fraction of sp³-hybridized carbons (Fsp3) is 0.235. The van der Waals surface area contributed by atoms with Gasteiger partial charge in [-0.3, -0.25) is 4.79 Å². The molecule has 2 aromatic carbocycles. The predicted molar refractivity (Wildman–Crippen MR) is 87.2 cm³/mol. The summed E-state index contributed by atoms with van der Waals surface area (Å²) in [6.07, 6.45) is 0. The molecule has 0 aliphatic heterocycles. The van der Waals surface area contributed by atoms with E-state index >= 15 is 0 Å². The van der Waals surface area contributed by atoms with E-state index < -0.39 is 0 Å². The first-order valence-electron chi connectivity index (χ1n) is 6.74. The van der Waals surface area contributed by atoms with Gasteiger partial charge >= 0.3 is 0 Å². The quantitative estimate of drug-likeness (QED) is 0.884. The summed E-state index contributed by atoms with van der Waals surface area (Å²) in [6.45, 7) is 2.53. The zero-order chi connectivity index (χ0) is 15.2. The SMILES string of the molecule is COCc1ccc(C(=O)NC(C)c2ccc(Br)cc2)cc1. The largest absolute Gasteiger partial charge is 0.380 e. The summed E-state index contributed by atoms with van der Waals surface area (Å²) in [5.41, 5.74) is 2.77. The molecule has 0 aliphatic carbocycles. The molecule has 110 valence electrons. The van der Waals surface area contributed by atoms with Crippen molar-refractivity contribution < 1.29 is 9.53 Å². The highest BCUT2D eigenvalue weighted by Gasteiger charge is 2.11. The highest BCUT2D eigenvalue weighted by atomic mass is 79.9. The second-order valence-electron chi connectivity index (χ2n) is 4.88. The molecule has 0 saturated carbocycles. The van der Waals surface area contributed by atoms with Crippen molar-refractivity contribution in [1.82, 2.24) is 5.32 Å². The molecule has 2 rings (SSSR count). The molecule has 0 saturated heterocycles. The maximum absolute atomic E-state index is 12.2. The van der Waals surface area contributed by atoms with Gasteiger partial charge in [0.2, 0.25) is 0 Å². The zero-order valence-electron chi connectivity index (χ0n) is 12.1. The smallest absolute Gasteiger partial charge is 0.251 e. The molecule has 0 fully saturated rings. The molecule has 1 N–H and O–H groups in total. The fourth-order valence-corrected chi connectivity index (χ4v) is 2.30. The Morgan fingerprint density at radius 2 is 1.76 bits per heavy atom. The Hall–Kier alpha value is -1.65. The first kappa shape index (κ1) is 15.7. The highest BCUT2D eigenvalue weighted by molar-refractivity contribution is 9.10. The standard InChI is InChI=1S/C17H18BrNO2/c1-12(14-7-9-16(18)10-8-14)19-17(20)15-5-3-13(4-6-15)11-21-2/h3-10,12H,11H2,1-2H3,(H,19,20). The average Bonchev–Trinajstić information content (AvgIpc) is 2.49. The van der Waals surface area contributed by atoms with Crippen molar-refractivity contribution in [2.75, 3.05) is 7.11 Å². The first-order chi connectivity index (χ1) is 10.1. The van der Waals surface area contributed by atoms with Gasteiger partial charge in [-0.2, -0.15) is 0 Å². The van der Waals surface area contributed by atoms with E-state index in [0.29, 0.717) is 12.2 Å². The lowest BCUT2D eigenvalue weighted by Crippen LogP contribution is -2.26. The van der Waals surface area contributed by atoms with Gasteiger partial charge in [0.1, 0.15) is 0 Å². The molecule has 4 heteroatoms. The Morgan fingerprint density at radius 1 is 1.14 bits per heavy atom. The molecule has 0 heterocycles. The van der Waals surface area contributed by atoms with Crippen LogP contribution in [0.4, 0.5) is 0 Å². The molecule has 0 aromatic heterocycles. The van der Waals surface area contributed by atoms with Crippen LogP contribution in [0.2, 0.25) is 0 Å². The van der Waals surface area contributed by atoms with Gasteiger partial charge in [0.25, 0.3) is 5.91 Å². The monoisotopic (exact) mass is 347 g/mol. The van der Waals surface area contributed by atoms with Gasteiger partial charge in [0.05, 0.1) is 12.6 Å². The van der Waals surface area contributed by atoms with Crippen molar-refractivity contribution in [3.05, 3.63) is 69.7 Å². The van der Waals surface area contributed by atoms with E-state index in [9.17, 15) is 4.79 Å². The normalized spacial score (nSPS) is 12.0. The van der Waals surface area contributed by atoms with Gasteiger partial charge in [0.15, 0.2) is 0 Å². The minimum atomic E-state index is -0.0746. The molecule has 1 atom stereocenters. The molecule has 2 aromatic rings. The van der Waals surface area contributed by atoms with E-state index in [0.717, 1.165) is 15.6 Å². The van der Waals surface area contributed by atoms with E-state index in [2.05, 4.69) is 21.2 Å². The summed E-state index contributed by atoms with van der Waals surface area (Å²) in [7, 11) is 1.65. The van der Waals surface area contributed by atoms with Crippen molar-refractivity contribution in [3.63, 3.8) is 0 Å². The third kappa shape index (κ3) is 4.41. The maximum atomic E-state index is 12.2. The number of carbonyl (C=O) groups excluding carboxylic acids is 1. The first-order valence-corrected chi connectivity index (χ1v) is 7.53. The Morgan fingerprint density at radius 3 is 2.33 bits per heavy atom. The molecule has 0 aliphatic rings. The molecule has 1 amide bonds. The Balaban J connectivity index is 2.01. The van der Waals surface area contributed by atoms with E-state index in [1.807, 2.05) is 55.5 Å². The summed E-state index contributed by atoms with van der Waals surface area (Å²) >= 11 is 3.40. The van der Waals surface area contributed by atoms with Gasteiger partial charge in [-0.05, 0) is 42.3 Å². The van der Waals surface area contributed by atoms with Crippen molar-refractivity contribution >= 4 is 21.8 Å². The van der Waals surface area contributed by atoms with E-state index in [1.165, 1.54) is 0 Å². The number of hydrogen-bond donors (Lipinski definition) is 1. The van der Waals surface area contributed by atoms with Crippen LogP contribution in [-0.4, -0.2) is 13.0 Å². The second-order valence-corrected chi connectivity index (χ2v) is 5.79. The number of nitrogens with one attached hydrogen (secondary N) is 1. The number of amides is 1. The predicted octanol–water partition coefficient (Wildman–Crippen LogP) is 4.09. The van der Waals surface area contributed by atoms with Crippen LogP contribution in [-0.2, 0) is 11.3 Å². The van der Waals surface area contributed by atoms with E-state index in [-0.39, 0.29) is 11.9 Å². The summed E-state index contributed by atoms with van der Waals surface area (Å²) in [6, 6.07) is 15.3. The topological polar surface area (TPSA) is 38.3 Å². The lowest BCUT2D eigenvalue weighted by atomic mass is 10.1. The lowest BCUT2D eigenvalue weighted by molar-refractivity contribution is 0.0940. The number of hydrogen-bond acceptors (Lipinski definition) is 2. The van der Waals surface area contributed by atoms with Crippen LogP contribution in [0.25, 0.3) is 0 Å². The number of carbonyl (C=O) groups is 1. The molecular formula is C17H18BrNO2. The van der Waals surface area contributed by atoms with Gasteiger partial charge in [0, 0.05) is 17.1 Å². The minimum Gasteiger partial charge on any atom is -0.380 e. The van der Waals surface area contributed by atoms with Crippen LogP contribution in [0, 0.1) is 0 Å². The van der Waals surface area contributed by atoms with Crippen LogP contribution in [0.1, 0.15) is 34.5 Å². The molecule has 0 spiro atoms. The summed E-state index contributed by atoms with van der Waals surface area (Å²) in [5, 5.41) is 3.00. The Kier molecular flexibility index (Phi) is 5.53. The fourth-order valence-electron chi connectivity index (χ4n) is 2.03. The number of ether oxygens (including phenoxy) is 1. The molecule has 0 radical (unpaired) electrons.